The number of esters is 2. The van der Waals surface area contributed by atoms with Gasteiger partial charge in [0.2, 0.25) is 0 Å². The number of hydrogen-bond acceptors (Lipinski definition) is 7. The fraction of sp³-hybridized carbons (Fsp3) is 0.600. The van der Waals surface area contributed by atoms with Crippen LogP contribution >= 0.6 is 11.8 Å². The molecule has 0 aliphatic carbocycles. The lowest BCUT2D eigenvalue weighted by atomic mass is 10.1. The Bertz CT molecular complexity index is 711. The molecule has 3 N–H and O–H groups in total. The van der Waals surface area contributed by atoms with Crippen molar-refractivity contribution in [1.82, 2.24) is 0 Å². The Hall–Kier alpha value is -2.19. The summed E-state index contributed by atoms with van der Waals surface area (Å²) in [6.45, 7) is 2.17. The number of aliphatic hydroxyl groups is 1. The number of unbranched alkanes of at least 4 members (excludes halogenated alkanes) is 3. The lowest BCUT2D eigenvalue weighted by molar-refractivity contribution is -0.142. The van der Waals surface area contributed by atoms with Crippen LogP contribution in [0.25, 0.3) is 0 Å². The number of rotatable bonds is 14. The zero-order valence-electron chi connectivity index (χ0n) is 19.5. The van der Waals surface area contributed by atoms with E-state index in [9.17, 15) is 14.7 Å². The van der Waals surface area contributed by atoms with Gasteiger partial charge in [-0.05, 0) is 25.3 Å². The van der Waals surface area contributed by atoms with Crippen molar-refractivity contribution in [2.24, 2.45) is 5.73 Å². The van der Waals surface area contributed by atoms with Crippen LogP contribution < -0.4 is 5.73 Å². The van der Waals surface area contributed by atoms with Gasteiger partial charge in [0.25, 0.3) is 0 Å². The van der Waals surface area contributed by atoms with Gasteiger partial charge in [-0.3, -0.25) is 9.59 Å². The highest BCUT2D eigenvalue weighted by atomic mass is 32.2. The maximum Gasteiger partial charge on any atom is 0.323 e. The van der Waals surface area contributed by atoms with Crippen LogP contribution in [0.2, 0.25) is 0 Å². The zero-order chi connectivity index (χ0) is 24.0. The molecule has 6 nitrogen and oxygen atoms in total. The van der Waals surface area contributed by atoms with E-state index in [2.05, 4.69) is 40.1 Å². The molecule has 0 fully saturated rings. The maximum absolute atomic E-state index is 11.5. The Labute approximate surface area is 197 Å². The number of carbonyl (C=O) groups is 2. The molecule has 0 aromatic carbocycles. The summed E-state index contributed by atoms with van der Waals surface area (Å²) in [4.78, 5) is 22.8. The van der Waals surface area contributed by atoms with E-state index in [-0.39, 0.29) is 17.6 Å². The highest BCUT2D eigenvalue weighted by Gasteiger charge is 2.21. The predicted molar refractivity (Wildman–Crippen MR) is 131 cm³/mol. The lowest BCUT2D eigenvalue weighted by Crippen LogP contribution is -2.35. The van der Waals surface area contributed by atoms with Crippen LogP contribution in [0.15, 0.2) is 24.3 Å². The average molecular weight is 464 g/mol. The van der Waals surface area contributed by atoms with E-state index in [0.717, 1.165) is 12.8 Å². The fourth-order valence-electron chi connectivity index (χ4n) is 2.50. The monoisotopic (exact) mass is 463 g/mol. The van der Waals surface area contributed by atoms with Crippen molar-refractivity contribution in [1.29, 1.82) is 0 Å². The van der Waals surface area contributed by atoms with Gasteiger partial charge in [-0.2, -0.15) is 0 Å². The molecule has 0 aliphatic heterocycles. The highest BCUT2D eigenvalue weighted by molar-refractivity contribution is 8.00. The summed E-state index contributed by atoms with van der Waals surface area (Å²) in [7, 11) is 2.62. The van der Waals surface area contributed by atoms with Crippen LogP contribution in [-0.4, -0.2) is 54.4 Å². The van der Waals surface area contributed by atoms with Crippen molar-refractivity contribution in [3.05, 3.63) is 24.3 Å². The van der Waals surface area contributed by atoms with Gasteiger partial charge in [0.1, 0.15) is 6.04 Å². The van der Waals surface area contributed by atoms with Gasteiger partial charge in [-0.1, -0.05) is 55.8 Å². The third-order valence-electron chi connectivity index (χ3n) is 4.36. The number of nitrogens with two attached hydrogens (primary N) is 1. The van der Waals surface area contributed by atoms with Crippen molar-refractivity contribution in [2.75, 3.05) is 20.0 Å². The topological polar surface area (TPSA) is 98.9 Å². The second-order valence-electron chi connectivity index (χ2n) is 7.02. The summed E-state index contributed by atoms with van der Waals surface area (Å²) in [5.74, 6) is 11.6. The molecule has 0 spiro atoms. The molecule has 0 amide bonds. The molecule has 0 aromatic rings. The lowest BCUT2D eigenvalue weighted by Gasteiger charge is -2.20. The molecule has 0 aliphatic rings. The summed E-state index contributed by atoms with van der Waals surface area (Å²) in [6.07, 6.45) is 12.6. The Morgan fingerprint density at radius 1 is 1.09 bits per heavy atom. The summed E-state index contributed by atoms with van der Waals surface area (Å²) >= 11 is 1.36. The largest absolute Gasteiger partial charge is 0.469 e. The van der Waals surface area contributed by atoms with Crippen LogP contribution in [0.4, 0.5) is 0 Å². The van der Waals surface area contributed by atoms with Crippen LogP contribution in [0, 0.1) is 23.7 Å². The standard InChI is InChI=1S/C25H37NO5S/c1-4-5-6-7-8-9-10-11-12-13-14-15-18-23(32-20-21(26)25(29)31-3)22(27)17-16-19-24(28)30-2/h13-15,18,21-23,27H,4-7,10,16-17,19-20,26H2,1-3H3/t21-,22?,23?/m0/s1. The van der Waals surface area contributed by atoms with E-state index >= 15 is 0 Å². The number of thioether (sulfide) groups is 1. The third-order valence-corrected chi connectivity index (χ3v) is 5.77. The van der Waals surface area contributed by atoms with Gasteiger partial charge >= 0.3 is 11.9 Å². The van der Waals surface area contributed by atoms with Gasteiger partial charge in [0.15, 0.2) is 0 Å². The van der Waals surface area contributed by atoms with E-state index in [0.29, 0.717) is 25.0 Å². The molecule has 0 bridgehead atoms. The molecule has 0 radical (unpaired) electrons. The number of aliphatic hydroxyl groups excluding tert-OH is 1. The van der Waals surface area contributed by atoms with Crippen molar-refractivity contribution >= 4 is 23.7 Å². The van der Waals surface area contributed by atoms with Crippen molar-refractivity contribution in [3.8, 4) is 23.7 Å². The Morgan fingerprint density at radius 2 is 1.88 bits per heavy atom. The van der Waals surface area contributed by atoms with Gasteiger partial charge in [-0.25, -0.2) is 0 Å². The Kier molecular flexibility index (Phi) is 19.3. The minimum atomic E-state index is -0.771. The van der Waals surface area contributed by atoms with E-state index in [1.165, 1.54) is 38.8 Å². The molecular weight excluding hydrogens is 426 g/mol. The molecule has 0 heterocycles. The number of allylic oxidation sites excluding steroid dienone is 3. The van der Waals surface area contributed by atoms with Crippen molar-refractivity contribution in [3.63, 3.8) is 0 Å². The third kappa shape index (κ3) is 16.5. The molecule has 3 atom stereocenters. The Balaban J connectivity index is 4.69. The molecule has 0 saturated heterocycles. The molecule has 0 rings (SSSR count). The minimum absolute atomic E-state index is 0.243. The number of methoxy groups -OCH3 is 2. The maximum atomic E-state index is 11.5. The molecule has 7 heteroatoms. The fourth-order valence-corrected chi connectivity index (χ4v) is 3.62. The first-order valence-corrected chi connectivity index (χ1v) is 12.0. The predicted octanol–water partition coefficient (Wildman–Crippen LogP) is 3.38. The number of carbonyl (C=O) groups excluding carboxylic acids is 2. The molecule has 32 heavy (non-hydrogen) atoms. The first kappa shape index (κ1) is 29.8. The van der Waals surface area contributed by atoms with Crippen molar-refractivity contribution in [2.45, 2.75) is 75.7 Å². The number of hydrogen-bond donors (Lipinski definition) is 2. The second-order valence-corrected chi connectivity index (χ2v) is 8.23. The van der Waals surface area contributed by atoms with Crippen LogP contribution in [-0.2, 0) is 19.1 Å². The van der Waals surface area contributed by atoms with Gasteiger partial charge in [0.05, 0.1) is 26.7 Å². The SMILES string of the molecule is CCCCCC#CCC#CC=CC=CC(SC[C@H](N)C(=O)OC)C(O)CCCC(=O)OC. The van der Waals surface area contributed by atoms with E-state index in [4.69, 9.17) is 5.73 Å². The van der Waals surface area contributed by atoms with Crippen LogP contribution in [0.5, 0.6) is 0 Å². The van der Waals surface area contributed by atoms with E-state index in [1.807, 2.05) is 6.08 Å². The quantitative estimate of drug-likeness (QED) is 0.176. The van der Waals surface area contributed by atoms with Crippen molar-refractivity contribution < 1.29 is 24.2 Å². The Morgan fingerprint density at radius 3 is 2.56 bits per heavy atom. The zero-order valence-corrected chi connectivity index (χ0v) is 20.3. The van der Waals surface area contributed by atoms with E-state index in [1.54, 1.807) is 18.2 Å². The molecule has 178 valence electrons. The summed E-state index contributed by atoms with van der Waals surface area (Å²) in [5, 5.41) is 10.2. The average Bonchev–Trinajstić information content (AvgIpc) is 2.80. The highest BCUT2D eigenvalue weighted by Crippen LogP contribution is 2.21. The normalized spacial score (nSPS) is 13.5. The first-order valence-electron chi connectivity index (χ1n) is 10.9. The summed E-state index contributed by atoms with van der Waals surface area (Å²) < 4.78 is 9.26. The van der Waals surface area contributed by atoms with Gasteiger partial charge in [0, 0.05) is 23.8 Å². The molecular formula is C25H37NO5S. The molecule has 2 unspecified atom stereocenters. The molecule has 0 saturated carbocycles. The number of ether oxygens (including phenoxy) is 2. The summed E-state index contributed by atoms with van der Waals surface area (Å²) in [5.41, 5.74) is 5.80. The minimum Gasteiger partial charge on any atom is -0.469 e. The van der Waals surface area contributed by atoms with Crippen LogP contribution in [0.1, 0.15) is 58.3 Å². The van der Waals surface area contributed by atoms with E-state index < -0.39 is 18.1 Å². The first-order chi connectivity index (χ1) is 15.5. The van der Waals surface area contributed by atoms with Gasteiger partial charge in [-0.15, -0.1) is 17.7 Å². The molecule has 0 aromatic heterocycles. The van der Waals surface area contributed by atoms with Crippen LogP contribution in [0.3, 0.4) is 0 Å². The smallest absolute Gasteiger partial charge is 0.323 e. The summed E-state index contributed by atoms with van der Waals surface area (Å²) in [6, 6.07) is -0.771. The van der Waals surface area contributed by atoms with Gasteiger partial charge < -0.3 is 20.3 Å². The second kappa shape index (κ2) is 20.7.